The van der Waals surface area contributed by atoms with E-state index in [1.165, 1.54) is 35.3 Å². The van der Waals surface area contributed by atoms with Crippen LogP contribution in [0.4, 0.5) is 15.3 Å². The Bertz CT molecular complexity index is 5380. The van der Waals surface area contributed by atoms with Gasteiger partial charge < -0.3 is 64.5 Å². The number of pyridine rings is 1. The normalized spacial score (nSPS) is 21.5. The number of ether oxygens (including phenoxy) is 1. The molecular formula is C95H99Cl2N13O10S3. The minimum atomic E-state index is -1.20. The van der Waals surface area contributed by atoms with Crippen LogP contribution in [0.2, 0.25) is 10.0 Å². The number of aryl methyl sites for hydroxylation is 1. The maximum absolute atomic E-state index is 15.0. The number of benzene rings is 8. The van der Waals surface area contributed by atoms with Crippen molar-refractivity contribution in [3.8, 4) is 11.5 Å². The summed E-state index contributed by atoms with van der Waals surface area (Å²) in [4.78, 5) is 149. The molecule has 636 valence electrons. The third-order valence-electron chi connectivity index (χ3n) is 23.6. The molecule has 8 aromatic carbocycles. The van der Waals surface area contributed by atoms with Crippen molar-refractivity contribution >= 4 is 129 Å². The molecule has 10 aromatic rings. The number of likely N-dealkylation sites (tertiary alicyclic amines) is 2. The number of rotatable bonds is 22. The summed E-state index contributed by atoms with van der Waals surface area (Å²) in [7, 11) is 0. The zero-order valence-corrected chi connectivity index (χ0v) is 72.8. The van der Waals surface area contributed by atoms with Crippen molar-refractivity contribution in [2.45, 2.75) is 106 Å². The molecule has 6 aliphatic heterocycles. The average Bonchev–Trinajstić information content (AvgIpc) is 1.59. The Labute approximate surface area is 739 Å². The molecule has 23 nitrogen and oxygen atoms in total. The first-order chi connectivity index (χ1) is 59.8. The molecule has 1 aliphatic carbocycles. The zero-order chi connectivity index (χ0) is 85.8. The van der Waals surface area contributed by atoms with Gasteiger partial charge in [0, 0.05) is 170 Å². The molecule has 28 heteroatoms. The Hall–Kier alpha value is -11.3. The van der Waals surface area contributed by atoms with Gasteiger partial charge in [-0.1, -0.05) is 144 Å². The van der Waals surface area contributed by atoms with Crippen molar-refractivity contribution in [2.75, 3.05) is 103 Å². The predicted molar refractivity (Wildman–Crippen MR) is 481 cm³/mol. The molecule has 11 amide bonds. The van der Waals surface area contributed by atoms with Crippen LogP contribution >= 0.6 is 58.5 Å². The lowest BCUT2D eigenvalue weighted by molar-refractivity contribution is -0.138. The summed E-state index contributed by atoms with van der Waals surface area (Å²) in [6, 6.07) is 69.6. The second-order valence-corrected chi connectivity index (χ2v) is 36.8. The van der Waals surface area contributed by atoms with Gasteiger partial charge in [-0.05, 0) is 165 Å². The fourth-order valence-corrected chi connectivity index (χ4v) is 22.0. The van der Waals surface area contributed by atoms with Gasteiger partial charge >= 0.3 is 12.1 Å². The maximum Gasteiger partial charge on any atom is 0.317 e. The van der Waals surface area contributed by atoms with Gasteiger partial charge in [0.25, 0.3) is 0 Å². The molecule has 123 heavy (non-hydrogen) atoms. The third kappa shape index (κ3) is 19.4. The lowest BCUT2D eigenvalue weighted by Gasteiger charge is -2.42. The second-order valence-electron chi connectivity index (χ2n) is 31.8. The molecule has 0 spiro atoms. The van der Waals surface area contributed by atoms with Crippen LogP contribution in [0.15, 0.2) is 258 Å². The number of urea groups is 2. The highest BCUT2D eigenvalue weighted by Crippen LogP contribution is 2.59. The van der Waals surface area contributed by atoms with Crippen molar-refractivity contribution in [1.29, 1.82) is 0 Å². The quantitative estimate of drug-likeness (QED) is 0.0535. The molecule has 6 saturated heterocycles. The molecular weight excluding hydrogens is 1650 g/mol. The van der Waals surface area contributed by atoms with Crippen LogP contribution in [0, 0.1) is 12.8 Å². The smallest absolute Gasteiger partial charge is 0.317 e. The molecule has 8 heterocycles. The van der Waals surface area contributed by atoms with Gasteiger partial charge in [-0.2, -0.15) is 0 Å². The van der Waals surface area contributed by atoms with Crippen LogP contribution in [0.3, 0.4) is 0 Å². The van der Waals surface area contributed by atoms with E-state index in [0.29, 0.717) is 138 Å². The standard InChI is InChI=1S/C37H37ClN4O4S.C30H29N5O3S.C28H33ClN4O3S/c1-3-39-36(45)41-23-21-40(22-24-41)35(44)37(47-32-19-9-26(2)10-20-32)25-33(43)42(34(37)27-11-13-28(38)14-12-27)29-15-17-31(18-16-29)46-30-7-5-4-6-8-30;36-21-33-13-15-34(16-14-33)29(38)30(39-23-8-2-1-3-9-23)17-27(37)35(20-22-7-6-12-31-18-22)28(30)25-19-32-26-11-5-4-10-24(25)26;1-2-30-27(36)32-16-14-31(15-17-32)26(35)28(37-23-6-4-3-5-7-23)18-24(34)33(19-20-8-9-20)25(28)21-10-12-22(29)13-11-21/h4-20,34H,3,21-25H2,1-2H3,(H,39,45);1-12,18-19,21,28,32H,13-17,20H2;3-7,10-13,20,25H,2,8-9,14-19H2,1H3,(H,30,36). The number of para-hydroxylation sites is 2. The van der Waals surface area contributed by atoms with E-state index >= 15 is 0 Å². The van der Waals surface area contributed by atoms with Crippen LogP contribution in [0.1, 0.15) is 91.9 Å². The highest BCUT2D eigenvalue weighted by molar-refractivity contribution is 8.02. The first kappa shape index (κ1) is 86.6. The summed E-state index contributed by atoms with van der Waals surface area (Å²) in [5.74, 6) is 1.39. The molecule has 2 aromatic heterocycles. The van der Waals surface area contributed by atoms with E-state index in [0.717, 1.165) is 72.7 Å². The number of halogens is 2. The van der Waals surface area contributed by atoms with E-state index < -0.39 is 32.4 Å². The average molecular weight is 1750 g/mol. The van der Waals surface area contributed by atoms with Crippen LogP contribution < -0.4 is 20.3 Å². The molecule has 0 bridgehead atoms. The lowest BCUT2D eigenvalue weighted by atomic mass is 9.90. The van der Waals surface area contributed by atoms with E-state index in [9.17, 15) is 43.2 Å². The largest absolute Gasteiger partial charge is 0.457 e. The zero-order valence-electron chi connectivity index (χ0n) is 68.9. The number of piperazine rings is 3. The first-order valence-corrected chi connectivity index (χ1v) is 45.0. The Kier molecular flexibility index (Phi) is 27.5. The van der Waals surface area contributed by atoms with Crippen LogP contribution in [0.25, 0.3) is 10.9 Å². The first-order valence-electron chi connectivity index (χ1n) is 41.8. The Morgan fingerprint density at radius 2 is 0.935 bits per heavy atom. The maximum atomic E-state index is 15.0. The number of H-pyrrole nitrogens is 1. The van der Waals surface area contributed by atoms with Gasteiger partial charge in [0.15, 0.2) is 0 Å². The fraction of sp³-hybridized carbons (Fsp3) is 0.326. The molecule has 6 unspecified atom stereocenters. The summed E-state index contributed by atoms with van der Waals surface area (Å²) in [6.07, 6.45) is 8.70. The van der Waals surface area contributed by atoms with Gasteiger partial charge in [0.05, 0.1) is 37.4 Å². The number of aromatic amines is 1. The molecule has 3 N–H and O–H groups in total. The fourth-order valence-electron chi connectivity index (χ4n) is 17.3. The number of anilines is 1. The second kappa shape index (κ2) is 39.1. The lowest BCUT2D eigenvalue weighted by Crippen LogP contribution is -2.58. The van der Waals surface area contributed by atoms with E-state index in [4.69, 9.17) is 27.9 Å². The summed E-state index contributed by atoms with van der Waals surface area (Å²) >= 11 is 17.0. The number of thioether (sulfide) groups is 3. The Morgan fingerprint density at radius 1 is 0.488 bits per heavy atom. The van der Waals surface area contributed by atoms with E-state index in [2.05, 4.69) is 20.6 Å². The van der Waals surface area contributed by atoms with E-state index in [1.54, 1.807) is 44.1 Å². The van der Waals surface area contributed by atoms with Crippen LogP contribution in [-0.4, -0.2) is 215 Å². The highest BCUT2D eigenvalue weighted by atomic mass is 35.5. The van der Waals surface area contributed by atoms with Gasteiger partial charge in [0.1, 0.15) is 25.7 Å². The monoisotopic (exact) mass is 1750 g/mol. The number of fused-ring (bicyclic) bond motifs is 1. The number of nitrogens with zero attached hydrogens (tertiary/aromatic N) is 10. The SMILES string of the molecule is CCNC(=O)N1CCN(C(=O)C2(Sc3ccc(C)cc3)CC(=O)N(c3ccc(Oc4ccccc4)cc3)C2c2ccc(Cl)cc2)CC1.CCNC(=O)N1CCN(C(=O)C2(Sc3ccccc3)CC(=O)N(CC3CC3)C2c2ccc(Cl)cc2)CC1.O=CN1CCN(C(=O)C2(Sc3ccccc3)CC(=O)N(Cc3cccnc3)C2c2c[nH]c3ccccc23)CC1. The van der Waals surface area contributed by atoms with Crippen molar-refractivity contribution in [3.63, 3.8) is 0 Å². The van der Waals surface area contributed by atoms with Gasteiger partial charge in [-0.25, -0.2) is 9.59 Å². The Balaban J connectivity index is 0.000000144. The topological polar surface area (TPSA) is 245 Å². The number of hydrogen-bond acceptors (Lipinski definition) is 14. The van der Waals surface area contributed by atoms with Crippen LogP contribution in [0.5, 0.6) is 11.5 Å². The Morgan fingerprint density at radius 3 is 1.44 bits per heavy atom. The van der Waals surface area contributed by atoms with Crippen molar-refractivity contribution in [3.05, 3.63) is 281 Å². The van der Waals surface area contributed by atoms with Crippen molar-refractivity contribution in [1.82, 2.24) is 59.8 Å². The van der Waals surface area contributed by atoms with E-state index in [-0.39, 0.29) is 66.8 Å². The number of hydrogen-bond donors (Lipinski definition) is 3. The summed E-state index contributed by atoms with van der Waals surface area (Å²) in [5, 5.41) is 7.87. The molecule has 17 rings (SSSR count). The number of carbonyl (C=O) groups excluding carboxylic acids is 9. The molecule has 7 fully saturated rings. The number of carbonyl (C=O) groups is 9. The van der Waals surface area contributed by atoms with Gasteiger partial charge in [-0.3, -0.25) is 38.5 Å². The highest BCUT2D eigenvalue weighted by Gasteiger charge is 2.63. The summed E-state index contributed by atoms with van der Waals surface area (Å²) < 4.78 is 2.70. The number of amides is 11. The molecule has 1 saturated carbocycles. The third-order valence-corrected chi connectivity index (χ3v) is 28.3. The number of aromatic nitrogens is 2. The van der Waals surface area contributed by atoms with Gasteiger partial charge in [0.2, 0.25) is 41.9 Å². The summed E-state index contributed by atoms with van der Waals surface area (Å²) in [5.41, 5.74) is 6.28. The molecule has 6 atom stereocenters. The number of nitrogens with one attached hydrogen (secondary N) is 3. The predicted octanol–water partition coefficient (Wildman–Crippen LogP) is 15.6. The van der Waals surface area contributed by atoms with Crippen molar-refractivity contribution < 1.29 is 47.9 Å². The van der Waals surface area contributed by atoms with E-state index in [1.807, 2.05) is 264 Å². The van der Waals surface area contributed by atoms with Crippen LogP contribution in [-0.2, 0) is 40.1 Å². The summed E-state index contributed by atoms with van der Waals surface area (Å²) in [6.45, 7) is 13.1. The molecule has 7 aliphatic rings. The minimum absolute atomic E-state index is 0.00350. The van der Waals surface area contributed by atoms with Crippen molar-refractivity contribution in [2.24, 2.45) is 5.92 Å². The minimum Gasteiger partial charge on any atom is -0.457 e. The molecule has 0 radical (unpaired) electrons. The van der Waals surface area contributed by atoms with Gasteiger partial charge in [-0.15, -0.1) is 35.3 Å².